The highest BCUT2D eigenvalue weighted by atomic mass is 16.5. The fourth-order valence-electron chi connectivity index (χ4n) is 2.85. The smallest absolute Gasteiger partial charge is 0.257 e. The van der Waals surface area contributed by atoms with Crippen LogP contribution in [0.2, 0.25) is 0 Å². The molecule has 2 aromatic heterocycles. The first-order chi connectivity index (χ1) is 11.3. The number of likely N-dealkylation sites (tertiary alicyclic amines) is 1. The predicted molar refractivity (Wildman–Crippen MR) is 78.7 cm³/mol. The Morgan fingerprint density at radius 1 is 1.39 bits per heavy atom. The molecule has 0 aromatic carbocycles. The molecule has 0 spiro atoms. The van der Waals surface area contributed by atoms with Gasteiger partial charge in [0.2, 0.25) is 0 Å². The van der Waals surface area contributed by atoms with Gasteiger partial charge in [-0.15, -0.1) is 0 Å². The van der Waals surface area contributed by atoms with E-state index < -0.39 is 0 Å². The Hall–Kier alpha value is -2.15. The van der Waals surface area contributed by atoms with Crippen molar-refractivity contribution in [2.24, 2.45) is 0 Å². The summed E-state index contributed by atoms with van der Waals surface area (Å²) in [6.07, 6.45) is 7.13. The van der Waals surface area contributed by atoms with Crippen molar-refractivity contribution in [3.8, 4) is 0 Å². The fourth-order valence-corrected chi connectivity index (χ4v) is 2.85. The molecule has 2 aliphatic rings. The van der Waals surface area contributed by atoms with Crippen molar-refractivity contribution >= 4 is 5.91 Å². The summed E-state index contributed by atoms with van der Waals surface area (Å²) in [5, 5.41) is 3.98. The van der Waals surface area contributed by atoms with Gasteiger partial charge in [-0.2, -0.15) is 4.98 Å². The van der Waals surface area contributed by atoms with E-state index in [1.807, 2.05) is 4.90 Å². The number of carbonyl (C=O) groups is 1. The summed E-state index contributed by atoms with van der Waals surface area (Å²) in [6, 6.07) is 1.69. The monoisotopic (exact) mass is 317 g/mol. The molecule has 1 saturated carbocycles. The molecule has 23 heavy (non-hydrogen) atoms. The quantitative estimate of drug-likeness (QED) is 0.842. The van der Waals surface area contributed by atoms with E-state index in [1.54, 1.807) is 6.07 Å². The molecule has 7 nitrogen and oxygen atoms in total. The molecular formula is C16H19N3O4. The topological polar surface area (TPSA) is 81.6 Å². The first-order valence-electron chi connectivity index (χ1n) is 8.05. The Kier molecular flexibility index (Phi) is 3.87. The van der Waals surface area contributed by atoms with Crippen LogP contribution in [0.3, 0.4) is 0 Å². The second-order valence-corrected chi connectivity index (χ2v) is 6.16. The third kappa shape index (κ3) is 3.29. The normalized spacial score (nSPS) is 21.6. The van der Waals surface area contributed by atoms with Crippen molar-refractivity contribution in [2.45, 2.75) is 44.3 Å². The average Bonchev–Trinajstić information content (AvgIpc) is 3.11. The minimum Gasteiger partial charge on any atom is -0.472 e. The van der Waals surface area contributed by atoms with Crippen molar-refractivity contribution in [1.29, 1.82) is 0 Å². The molecule has 1 aliphatic heterocycles. The first kappa shape index (κ1) is 14.4. The number of furan rings is 1. The molecule has 122 valence electrons. The molecule has 0 N–H and O–H groups in total. The van der Waals surface area contributed by atoms with Crippen LogP contribution in [0.1, 0.15) is 53.7 Å². The van der Waals surface area contributed by atoms with Gasteiger partial charge in [-0.3, -0.25) is 4.79 Å². The number of hydrogen-bond acceptors (Lipinski definition) is 6. The second kappa shape index (κ2) is 6.16. The summed E-state index contributed by atoms with van der Waals surface area (Å²) in [5.74, 6) is 1.78. The van der Waals surface area contributed by atoms with E-state index in [4.69, 9.17) is 13.7 Å². The number of rotatable bonds is 5. The van der Waals surface area contributed by atoms with E-state index in [0.717, 1.165) is 38.1 Å². The summed E-state index contributed by atoms with van der Waals surface area (Å²) in [6.45, 7) is 1.63. The molecule has 1 atom stereocenters. The lowest BCUT2D eigenvalue weighted by Crippen LogP contribution is -2.43. The Bertz CT molecular complexity index is 663. The minimum absolute atomic E-state index is 0.00382. The summed E-state index contributed by atoms with van der Waals surface area (Å²) in [5.41, 5.74) is 0.580. The van der Waals surface area contributed by atoms with E-state index in [2.05, 4.69) is 10.1 Å². The zero-order valence-electron chi connectivity index (χ0n) is 12.8. The molecule has 0 radical (unpaired) electrons. The van der Waals surface area contributed by atoms with Gasteiger partial charge < -0.3 is 18.6 Å². The maximum Gasteiger partial charge on any atom is 0.257 e. The summed E-state index contributed by atoms with van der Waals surface area (Å²) in [4.78, 5) is 18.5. The summed E-state index contributed by atoms with van der Waals surface area (Å²) >= 11 is 0. The average molecular weight is 317 g/mol. The van der Waals surface area contributed by atoms with Gasteiger partial charge in [-0.25, -0.2) is 0 Å². The molecule has 3 heterocycles. The van der Waals surface area contributed by atoms with Gasteiger partial charge in [0.1, 0.15) is 12.9 Å². The molecule has 2 fully saturated rings. The van der Waals surface area contributed by atoms with Gasteiger partial charge >= 0.3 is 0 Å². The number of carbonyl (C=O) groups excluding carboxylic acids is 1. The van der Waals surface area contributed by atoms with Crippen molar-refractivity contribution in [2.75, 3.05) is 13.1 Å². The molecule has 4 rings (SSSR count). The number of nitrogens with zero attached hydrogens (tertiary/aromatic N) is 3. The van der Waals surface area contributed by atoms with Crippen LogP contribution < -0.4 is 0 Å². The minimum atomic E-state index is -0.0131. The maximum absolute atomic E-state index is 12.3. The molecule has 2 aromatic rings. The molecule has 1 unspecified atom stereocenters. The van der Waals surface area contributed by atoms with Crippen LogP contribution >= 0.6 is 0 Å². The molecule has 0 bridgehead atoms. The Morgan fingerprint density at radius 2 is 2.30 bits per heavy atom. The first-order valence-corrected chi connectivity index (χ1v) is 8.05. The Labute approximate surface area is 133 Å². The molecular weight excluding hydrogens is 298 g/mol. The number of piperidine rings is 1. The lowest BCUT2D eigenvalue weighted by atomic mass is 10.1. The van der Waals surface area contributed by atoms with Gasteiger partial charge in [0.15, 0.2) is 5.82 Å². The van der Waals surface area contributed by atoms with E-state index in [1.165, 1.54) is 12.5 Å². The zero-order chi connectivity index (χ0) is 15.6. The second-order valence-electron chi connectivity index (χ2n) is 6.16. The largest absolute Gasteiger partial charge is 0.472 e. The SMILES string of the molecule is O=C(c1ccoc1)N1CCCC(OCc2nc(C3CC3)no2)C1. The predicted octanol–water partition coefficient (Wildman–Crippen LogP) is 2.36. The van der Waals surface area contributed by atoms with Crippen molar-refractivity contribution in [3.05, 3.63) is 35.9 Å². The van der Waals surface area contributed by atoms with Gasteiger partial charge in [-0.05, 0) is 31.7 Å². The van der Waals surface area contributed by atoms with Crippen LogP contribution in [0.25, 0.3) is 0 Å². The zero-order valence-corrected chi connectivity index (χ0v) is 12.8. The van der Waals surface area contributed by atoms with Crippen molar-refractivity contribution < 1.29 is 18.5 Å². The highest BCUT2D eigenvalue weighted by Crippen LogP contribution is 2.38. The van der Waals surface area contributed by atoms with Crippen LogP contribution in [-0.4, -0.2) is 40.1 Å². The van der Waals surface area contributed by atoms with Crippen LogP contribution in [0.4, 0.5) is 0 Å². The van der Waals surface area contributed by atoms with E-state index in [-0.39, 0.29) is 12.0 Å². The maximum atomic E-state index is 12.3. The van der Waals surface area contributed by atoms with Gasteiger partial charge in [-0.1, -0.05) is 5.16 Å². The molecule has 7 heteroatoms. The number of ether oxygens (including phenoxy) is 1. The Balaban J connectivity index is 1.31. The summed E-state index contributed by atoms with van der Waals surface area (Å²) in [7, 11) is 0. The summed E-state index contributed by atoms with van der Waals surface area (Å²) < 4.78 is 16.1. The van der Waals surface area contributed by atoms with Crippen LogP contribution in [0.15, 0.2) is 27.5 Å². The highest BCUT2D eigenvalue weighted by molar-refractivity contribution is 5.93. The van der Waals surface area contributed by atoms with Gasteiger partial charge in [0, 0.05) is 19.0 Å². The van der Waals surface area contributed by atoms with Crippen LogP contribution in [-0.2, 0) is 11.3 Å². The third-order valence-electron chi connectivity index (χ3n) is 4.30. The Morgan fingerprint density at radius 3 is 3.09 bits per heavy atom. The van der Waals surface area contributed by atoms with Gasteiger partial charge in [0.25, 0.3) is 11.8 Å². The fraction of sp³-hybridized carbons (Fsp3) is 0.562. The number of hydrogen-bond donors (Lipinski definition) is 0. The number of amides is 1. The van der Waals surface area contributed by atoms with Crippen LogP contribution in [0, 0.1) is 0 Å². The molecule has 1 aliphatic carbocycles. The third-order valence-corrected chi connectivity index (χ3v) is 4.30. The van der Waals surface area contributed by atoms with Crippen molar-refractivity contribution in [3.63, 3.8) is 0 Å². The lowest BCUT2D eigenvalue weighted by Gasteiger charge is -2.32. The van der Waals surface area contributed by atoms with E-state index in [9.17, 15) is 4.79 Å². The standard InChI is InChI=1S/C16H19N3O4/c20-16(12-5-7-21-9-12)19-6-1-2-13(8-19)22-10-14-17-15(18-23-14)11-3-4-11/h5,7,9,11,13H,1-4,6,8,10H2. The molecule has 1 saturated heterocycles. The highest BCUT2D eigenvalue weighted by Gasteiger charge is 2.29. The van der Waals surface area contributed by atoms with E-state index in [0.29, 0.717) is 30.5 Å². The van der Waals surface area contributed by atoms with Crippen molar-refractivity contribution in [1.82, 2.24) is 15.0 Å². The van der Waals surface area contributed by atoms with Crippen LogP contribution in [0.5, 0.6) is 0 Å². The molecule has 1 amide bonds. The van der Waals surface area contributed by atoms with E-state index >= 15 is 0 Å². The van der Waals surface area contributed by atoms with Gasteiger partial charge in [0.05, 0.1) is 17.9 Å². The number of aromatic nitrogens is 2. The lowest BCUT2D eigenvalue weighted by molar-refractivity contribution is -0.0153.